The fourth-order valence-corrected chi connectivity index (χ4v) is 4.15. The molecule has 10 heteroatoms. The molecular weight excluding hydrogens is 373 g/mol. The summed E-state index contributed by atoms with van der Waals surface area (Å²) in [6.45, 7) is 0. The van der Waals surface area contributed by atoms with Gasteiger partial charge in [0.05, 0.1) is 11.5 Å². The number of esters is 2. The third-order valence-electron chi connectivity index (χ3n) is 5.30. The van der Waals surface area contributed by atoms with Crippen LogP contribution in [0.3, 0.4) is 0 Å². The molecule has 0 aromatic heterocycles. The van der Waals surface area contributed by atoms with E-state index < -0.39 is 41.8 Å². The van der Waals surface area contributed by atoms with Crippen LogP contribution in [0.4, 0.5) is 13.2 Å². The number of alkyl halides is 2. The number of rotatable bonds is 5. The molecule has 1 aromatic rings. The van der Waals surface area contributed by atoms with E-state index in [9.17, 15) is 32.7 Å². The van der Waals surface area contributed by atoms with E-state index in [-0.39, 0.29) is 29.3 Å². The highest BCUT2D eigenvalue weighted by Crippen LogP contribution is 2.55. The minimum atomic E-state index is -4.73. The first-order chi connectivity index (χ1) is 12.7. The van der Waals surface area contributed by atoms with Crippen molar-refractivity contribution in [3.63, 3.8) is 0 Å². The first-order valence-electron chi connectivity index (χ1n) is 8.16. The zero-order chi connectivity index (χ0) is 19.5. The van der Waals surface area contributed by atoms with E-state index in [1.165, 1.54) is 0 Å². The molecule has 0 radical (unpaired) electrons. The Morgan fingerprint density at radius 2 is 2.00 bits per heavy atom. The van der Waals surface area contributed by atoms with Crippen molar-refractivity contribution in [3.8, 4) is 5.75 Å². The number of carbonyl (C=O) groups excluding carboxylic acids is 3. The molecule has 2 aliphatic carbocycles. The van der Waals surface area contributed by atoms with E-state index in [0.717, 1.165) is 6.07 Å². The smallest absolute Gasteiger partial charge is 0.441 e. The molecule has 5 unspecified atom stereocenters. The van der Waals surface area contributed by atoms with Crippen LogP contribution in [0.25, 0.3) is 0 Å². The molecule has 27 heavy (non-hydrogen) atoms. The second-order valence-electron chi connectivity index (χ2n) is 6.82. The lowest BCUT2D eigenvalue weighted by Crippen LogP contribution is -2.45. The number of benzene rings is 1. The number of carboxylic acid groups (broad SMARTS) is 1. The lowest BCUT2D eigenvalue weighted by Gasteiger charge is -2.25. The lowest BCUT2D eigenvalue weighted by molar-refractivity contribution is -0.350. The molecule has 0 amide bonds. The molecule has 3 fully saturated rings. The summed E-state index contributed by atoms with van der Waals surface area (Å²) in [4.78, 5) is 34.2. The van der Waals surface area contributed by atoms with Crippen molar-refractivity contribution in [2.45, 2.75) is 31.2 Å². The number of hydrogen-bond acceptors (Lipinski definition) is 7. The van der Waals surface area contributed by atoms with Gasteiger partial charge in [0.25, 0.3) is 0 Å². The molecule has 1 aliphatic heterocycles. The summed E-state index contributed by atoms with van der Waals surface area (Å²) in [7, 11) is 0. The van der Waals surface area contributed by atoms with E-state index in [1.54, 1.807) is 0 Å². The molecule has 5 atom stereocenters. The zero-order valence-electron chi connectivity index (χ0n) is 13.5. The van der Waals surface area contributed by atoms with Crippen molar-refractivity contribution in [3.05, 3.63) is 29.6 Å². The monoisotopic (exact) mass is 385 g/mol. The van der Waals surface area contributed by atoms with Gasteiger partial charge in [0.15, 0.2) is 17.5 Å². The highest BCUT2D eigenvalue weighted by atomic mass is 19.3. The number of carboxylic acids is 1. The largest absolute Gasteiger partial charge is 0.541 e. The Morgan fingerprint density at radius 1 is 1.26 bits per heavy atom. The zero-order valence-corrected chi connectivity index (χ0v) is 13.5. The first-order valence-corrected chi connectivity index (χ1v) is 8.16. The Morgan fingerprint density at radius 3 is 2.67 bits per heavy atom. The van der Waals surface area contributed by atoms with Crippen LogP contribution < -0.4 is 9.84 Å². The van der Waals surface area contributed by atoms with Gasteiger partial charge in [-0.15, -0.1) is 0 Å². The van der Waals surface area contributed by atoms with E-state index in [0.29, 0.717) is 25.0 Å². The molecule has 144 valence electrons. The lowest BCUT2D eigenvalue weighted by atomic mass is 9.88. The molecule has 1 saturated heterocycles. The highest BCUT2D eigenvalue weighted by Gasteiger charge is 2.63. The van der Waals surface area contributed by atoms with Gasteiger partial charge in [-0.2, -0.15) is 8.78 Å². The van der Waals surface area contributed by atoms with Crippen molar-refractivity contribution in [2.24, 2.45) is 17.8 Å². The SMILES string of the molecule is O=C(OC1C2CC3C(=O)OC1C3C2)c1ccc(OC(F)(F)C(=O)[O-])c(F)c1. The summed E-state index contributed by atoms with van der Waals surface area (Å²) in [5.41, 5.74) is -0.278. The Hall–Kier alpha value is -2.78. The number of fused-ring (bicyclic) bond motifs is 1. The van der Waals surface area contributed by atoms with Crippen molar-refractivity contribution >= 4 is 17.9 Å². The number of carbonyl (C=O) groups is 3. The predicted molar refractivity (Wildman–Crippen MR) is 75.8 cm³/mol. The second-order valence-corrected chi connectivity index (χ2v) is 6.82. The van der Waals surface area contributed by atoms with Crippen LogP contribution in [-0.4, -0.2) is 36.2 Å². The van der Waals surface area contributed by atoms with Crippen molar-refractivity contribution in [1.29, 1.82) is 0 Å². The number of hydrogen-bond donors (Lipinski definition) is 0. The topological polar surface area (TPSA) is 102 Å². The highest BCUT2D eigenvalue weighted by molar-refractivity contribution is 5.90. The van der Waals surface area contributed by atoms with Crippen molar-refractivity contribution in [2.75, 3.05) is 0 Å². The van der Waals surface area contributed by atoms with Gasteiger partial charge in [0, 0.05) is 11.8 Å². The molecule has 1 heterocycles. The summed E-state index contributed by atoms with van der Waals surface area (Å²) in [6.07, 6.45) is -4.60. The second kappa shape index (κ2) is 5.86. The molecule has 2 bridgehead atoms. The maximum Gasteiger partial charge on any atom is 0.441 e. The molecule has 7 nitrogen and oxygen atoms in total. The van der Waals surface area contributed by atoms with Crippen LogP contribution in [0.15, 0.2) is 18.2 Å². The molecule has 3 aliphatic rings. The van der Waals surface area contributed by atoms with E-state index in [2.05, 4.69) is 4.74 Å². The van der Waals surface area contributed by atoms with E-state index in [1.807, 2.05) is 0 Å². The van der Waals surface area contributed by atoms with Crippen LogP contribution in [0.1, 0.15) is 23.2 Å². The van der Waals surface area contributed by atoms with Gasteiger partial charge in [-0.05, 0) is 31.0 Å². The Labute approximate surface area is 150 Å². The summed E-state index contributed by atoms with van der Waals surface area (Å²) >= 11 is 0. The summed E-state index contributed by atoms with van der Waals surface area (Å²) in [5.74, 6) is -6.63. The standard InChI is InChI=1S/C17H13F3O7/c18-10-5-6(1-2-11(10)27-17(19,20)16(23)24)14(21)25-12-7-3-8-9(4-7)15(22)26-13(8)12/h1-2,5,7-9,12-13H,3-4H2,(H,23,24)/p-1. The van der Waals surface area contributed by atoms with Gasteiger partial charge in [-0.1, -0.05) is 0 Å². The molecule has 1 aromatic carbocycles. The fourth-order valence-electron chi connectivity index (χ4n) is 4.15. The Kier molecular flexibility index (Phi) is 3.83. The maximum atomic E-state index is 13.9. The summed E-state index contributed by atoms with van der Waals surface area (Å²) < 4.78 is 54.2. The average Bonchev–Trinajstić information content (AvgIpc) is 3.21. The third-order valence-corrected chi connectivity index (χ3v) is 5.30. The van der Waals surface area contributed by atoms with Crippen LogP contribution in [0.5, 0.6) is 5.75 Å². The van der Waals surface area contributed by atoms with Gasteiger partial charge < -0.3 is 24.1 Å². The van der Waals surface area contributed by atoms with Crippen LogP contribution >= 0.6 is 0 Å². The van der Waals surface area contributed by atoms with Crippen molar-refractivity contribution < 1.29 is 46.9 Å². The average molecular weight is 385 g/mol. The summed E-state index contributed by atoms with van der Waals surface area (Å²) in [6, 6.07) is 2.25. The molecule has 2 saturated carbocycles. The first kappa shape index (κ1) is 17.6. The van der Waals surface area contributed by atoms with Crippen LogP contribution in [0, 0.1) is 23.6 Å². The van der Waals surface area contributed by atoms with Gasteiger partial charge in [0.2, 0.25) is 0 Å². The van der Waals surface area contributed by atoms with Gasteiger partial charge in [0.1, 0.15) is 12.2 Å². The Balaban J connectivity index is 1.46. The Bertz CT molecular complexity index is 840. The fraction of sp³-hybridized carbons (Fsp3) is 0.471. The minimum Gasteiger partial charge on any atom is -0.541 e. The molecule has 0 N–H and O–H groups in total. The van der Waals surface area contributed by atoms with Crippen LogP contribution in [-0.2, 0) is 19.1 Å². The summed E-state index contributed by atoms with van der Waals surface area (Å²) in [5, 5.41) is 10.2. The minimum absolute atomic E-state index is 0.0136. The number of halogens is 3. The van der Waals surface area contributed by atoms with Gasteiger partial charge in [-0.3, -0.25) is 4.79 Å². The quantitative estimate of drug-likeness (QED) is 0.686. The number of ether oxygens (including phenoxy) is 3. The predicted octanol–water partition coefficient (Wildman–Crippen LogP) is 0.654. The van der Waals surface area contributed by atoms with Gasteiger partial charge in [-0.25, -0.2) is 9.18 Å². The normalized spacial score (nSPS) is 30.9. The maximum absolute atomic E-state index is 13.9. The molecular formula is C17H12F3O7-. The number of aliphatic carboxylic acids is 1. The van der Waals surface area contributed by atoms with Gasteiger partial charge >= 0.3 is 18.0 Å². The van der Waals surface area contributed by atoms with E-state index in [4.69, 9.17) is 9.47 Å². The molecule has 0 spiro atoms. The molecule has 4 rings (SSSR count). The van der Waals surface area contributed by atoms with Crippen LogP contribution in [0.2, 0.25) is 0 Å². The van der Waals surface area contributed by atoms with E-state index >= 15 is 0 Å². The third kappa shape index (κ3) is 2.79. The van der Waals surface area contributed by atoms with Crippen molar-refractivity contribution in [1.82, 2.24) is 0 Å².